The third-order valence-electron chi connectivity index (χ3n) is 5.24. The number of nitrogens with zero attached hydrogens (tertiary/aromatic N) is 2. The Hall–Kier alpha value is -3.22. The Bertz CT molecular complexity index is 1050. The second-order valence-corrected chi connectivity index (χ2v) is 7.39. The minimum Gasteiger partial charge on any atom is -0.427 e. The molecule has 0 unspecified atom stereocenters. The molecule has 7 nitrogen and oxygen atoms in total. The number of amides is 1. The number of carbonyl (C=O) groups excluding carboxylic acids is 1. The van der Waals surface area contributed by atoms with Crippen LogP contribution in [0.25, 0.3) is 0 Å². The lowest BCUT2D eigenvalue weighted by Crippen LogP contribution is -2.31. The molecule has 4 rings (SSSR count). The van der Waals surface area contributed by atoms with Crippen molar-refractivity contribution in [3.8, 4) is 0 Å². The maximum atomic E-state index is 12.4. The fourth-order valence-electron chi connectivity index (χ4n) is 3.41. The topological polar surface area (TPSA) is 98.2 Å². The molecule has 2 heterocycles. The van der Waals surface area contributed by atoms with Crippen LogP contribution in [0.5, 0.6) is 0 Å². The van der Waals surface area contributed by atoms with E-state index in [1.807, 2.05) is 36.4 Å². The van der Waals surface area contributed by atoms with Gasteiger partial charge in [0.15, 0.2) is 5.82 Å². The molecule has 0 atom stereocenters. The fraction of sp³-hybridized carbons (Fsp3) is 0.364. The van der Waals surface area contributed by atoms with E-state index < -0.39 is 11.5 Å². The summed E-state index contributed by atoms with van der Waals surface area (Å²) >= 11 is 0. The van der Waals surface area contributed by atoms with Crippen molar-refractivity contribution in [2.45, 2.75) is 44.9 Å². The largest absolute Gasteiger partial charge is 0.427 e. The maximum Gasteiger partial charge on any atom is 0.349 e. The van der Waals surface area contributed by atoms with E-state index in [2.05, 4.69) is 15.5 Å². The third kappa shape index (κ3) is 4.45. The second kappa shape index (κ2) is 8.43. The monoisotopic (exact) mass is 393 g/mol. The average molecular weight is 393 g/mol. The SMILES string of the molecule is Cc1cc(C2CCC2)oc(=O)c1C(=O)NCCc1nc(Cc2ccccc2)no1. The molecule has 0 aliphatic heterocycles. The van der Waals surface area contributed by atoms with E-state index in [0.717, 1.165) is 24.8 Å². The highest BCUT2D eigenvalue weighted by Crippen LogP contribution is 2.36. The molecule has 0 radical (unpaired) electrons. The molecule has 29 heavy (non-hydrogen) atoms. The van der Waals surface area contributed by atoms with Crippen molar-refractivity contribution < 1.29 is 13.7 Å². The van der Waals surface area contributed by atoms with Crippen molar-refractivity contribution in [1.29, 1.82) is 0 Å². The molecule has 1 amide bonds. The summed E-state index contributed by atoms with van der Waals surface area (Å²) in [5.74, 6) is 1.59. The smallest absolute Gasteiger partial charge is 0.349 e. The van der Waals surface area contributed by atoms with Crippen LogP contribution in [-0.2, 0) is 12.8 Å². The predicted molar refractivity (Wildman–Crippen MR) is 106 cm³/mol. The van der Waals surface area contributed by atoms with E-state index in [9.17, 15) is 9.59 Å². The van der Waals surface area contributed by atoms with Crippen LogP contribution in [-0.4, -0.2) is 22.6 Å². The van der Waals surface area contributed by atoms with E-state index in [1.54, 1.807) is 6.92 Å². The molecule has 2 aromatic heterocycles. The van der Waals surface area contributed by atoms with Crippen molar-refractivity contribution in [1.82, 2.24) is 15.5 Å². The van der Waals surface area contributed by atoms with Crippen LogP contribution in [0, 0.1) is 6.92 Å². The first-order valence-corrected chi connectivity index (χ1v) is 9.88. The normalized spacial score (nSPS) is 13.8. The van der Waals surface area contributed by atoms with Gasteiger partial charge in [-0.05, 0) is 37.0 Å². The first kappa shape index (κ1) is 19.1. The molecule has 0 saturated heterocycles. The van der Waals surface area contributed by atoms with Gasteiger partial charge in [0.1, 0.15) is 11.3 Å². The standard InChI is InChI=1S/C22H23N3O4/c1-14-12-17(16-8-5-9-16)28-22(27)20(14)21(26)23-11-10-19-24-18(25-29-19)13-15-6-3-2-4-7-15/h2-4,6-7,12,16H,5,8-11,13H2,1H3,(H,23,26). The van der Waals surface area contributed by atoms with Crippen LogP contribution in [0.4, 0.5) is 0 Å². The number of nitrogens with one attached hydrogen (secondary N) is 1. The zero-order valence-corrected chi connectivity index (χ0v) is 16.3. The van der Waals surface area contributed by atoms with E-state index in [-0.39, 0.29) is 12.1 Å². The van der Waals surface area contributed by atoms with Gasteiger partial charge in [-0.2, -0.15) is 4.98 Å². The molecule has 1 N–H and O–H groups in total. The van der Waals surface area contributed by atoms with Crippen LogP contribution >= 0.6 is 0 Å². The van der Waals surface area contributed by atoms with Crippen LogP contribution in [0.3, 0.4) is 0 Å². The predicted octanol–water partition coefficient (Wildman–Crippen LogP) is 3.16. The Labute approximate surface area is 168 Å². The number of hydrogen-bond acceptors (Lipinski definition) is 6. The highest BCUT2D eigenvalue weighted by molar-refractivity contribution is 5.95. The molecular weight excluding hydrogens is 370 g/mol. The molecule has 1 saturated carbocycles. The average Bonchev–Trinajstić information content (AvgIpc) is 3.08. The van der Waals surface area contributed by atoms with Gasteiger partial charge in [0.2, 0.25) is 5.89 Å². The molecule has 7 heteroatoms. The molecule has 1 aliphatic rings. The number of aryl methyl sites for hydroxylation is 1. The van der Waals surface area contributed by atoms with Gasteiger partial charge < -0.3 is 14.3 Å². The summed E-state index contributed by atoms with van der Waals surface area (Å²) in [6.45, 7) is 2.05. The lowest BCUT2D eigenvalue weighted by molar-refractivity contribution is 0.0948. The van der Waals surface area contributed by atoms with Gasteiger partial charge in [-0.1, -0.05) is 41.9 Å². The summed E-state index contributed by atoms with van der Waals surface area (Å²) in [6.07, 6.45) is 4.19. The molecule has 1 aromatic carbocycles. The highest BCUT2D eigenvalue weighted by atomic mass is 16.5. The zero-order valence-electron chi connectivity index (χ0n) is 16.3. The summed E-state index contributed by atoms with van der Waals surface area (Å²) in [5.41, 5.74) is 1.22. The molecular formula is C22H23N3O4. The Kier molecular flexibility index (Phi) is 5.55. The summed E-state index contributed by atoms with van der Waals surface area (Å²) in [6, 6.07) is 11.7. The van der Waals surface area contributed by atoms with Crippen molar-refractivity contribution in [3.63, 3.8) is 0 Å². The molecule has 1 aliphatic carbocycles. The zero-order chi connectivity index (χ0) is 20.2. The minimum absolute atomic E-state index is 0.0587. The molecule has 0 spiro atoms. The van der Waals surface area contributed by atoms with Gasteiger partial charge in [-0.25, -0.2) is 4.79 Å². The molecule has 3 aromatic rings. The third-order valence-corrected chi connectivity index (χ3v) is 5.24. The van der Waals surface area contributed by atoms with E-state index in [4.69, 9.17) is 8.94 Å². The Balaban J connectivity index is 1.33. The van der Waals surface area contributed by atoms with Gasteiger partial charge in [0.05, 0.1) is 0 Å². The second-order valence-electron chi connectivity index (χ2n) is 7.39. The van der Waals surface area contributed by atoms with E-state index >= 15 is 0 Å². The van der Waals surface area contributed by atoms with Crippen LogP contribution in [0.2, 0.25) is 0 Å². The van der Waals surface area contributed by atoms with Crippen molar-refractivity contribution in [2.75, 3.05) is 6.54 Å². The van der Waals surface area contributed by atoms with Crippen molar-refractivity contribution in [3.05, 3.63) is 81.0 Å². The van der Waals surface area contributed by atoms with Gasteiger partial charge in [-0.15, -0.1) is 0 Å². The fourth-order valence-corrected chi connectivity index (χ4v) is 3.41. The molecule has 1 fully saturated rings. The van der Waals surface area contributed by atoms with E-state index in [0.29, 0.717) is 41.8 Å². The van der Waals surface area contributed by atoms with Gasteiger partial charge >= 0.3 is 5.63 Å². The quantitative estimate of drug-likeness (QED) is 0.662. The van der Waals surface area contributed by atoms with Crippen molar-refractivity contribution in [2.24, 2.45) is 0 Å². The minimum atomic E-state index is -0.577. The lowest BCUT2D eigenvalue weighted by atomic mass is 9.83. The number of rotatable bonds is 7. The number of carbonyl (C=O) groups is 1. The highest BCUT2D eigenvalue weighted by Gasteiger charge is 2.25. The van der Waals surface area contributed by atoms with Crippen LogP contribution in [0.1, 0.15) is 64.1 Å². The first-order valence-electron chi connectivity index (χ1n) is 9.88. The Morgan fingerprint density at radius 3 is 2.72 bits per heavy atom. The van der Waals surface area contributed by atoms with Gasteiger partial charge in [0, 0.05) is 25.3 Å². The summed E-state index contributed by atoms with van der Waals surface area (Å²) in [4.78, 5) is 29.1. The van der Waals surface area contributed by atoms with Crippen LogP contribution in [0.15, 0.2) is 50.1 Å². The number of aromatic nitrogens is 2. The Morgan fingerprint density at radius 1 is 1.24 bits per heavy atom. The summed E-state index contributed by atoms with van der Waals surface area (Å²) < 4.78 is 10.6. The van der Waals surface area contributed by atoms with Gasteiger partial charge in [0.25, 0.3) is 5.91 Å². The lowest BCUT2D eigenvalue weighted by Gasteiger charge is -2.24. The molecule has 0 bridgehead atoms. The Morgan fingerprint density at radius 2 is 2.03 bits per heavy atom. The van der Waals surface area contributed by atoms with E-state index in [1.165, 1.54) is 0 Å². The number of benzene rings is 1. The summed E-state index contributed by atoms with van der Waals surface area (Å²) in [7, 11) is 0. The summed E-state index contributed by atoms with van der Waals surface area (Å²) in [5, 5.41) is 6.71. The van der Waals surface area contributed by atoms with Crippen molar-refractivity contribution >= 4 is 5.91 Å². The first-order chi connectivity index (χ1) is 14.1. The van der Waals surface area contributed by atoms with Gasteiger partial charge in [-0.3, -0.25) is 4.79 Å². The maximum absolute atomic E-state index is 12.4. The number of hydrogen-bond donors (Lipinski definition) is 1. The van der Waals surface area contributed by atoms with Crippen LogP contribution < -0.4 is 10.9 Å². The molecule has 150 valence electrons.